The molecule has 0 atom stereocenters. The Balaban J connectivity index is 1.76. The lowest BCUT2D eigenvalue weighted by atomic mass is 10.0. The van der Waals surface area contributed by atoms with Crippen LogP contribution < -0.4 is 5.32 Å². The molecule has 0 radical (unpaired) electrons. The first-order chi connectivity index (χ1) is 12.4. The summed E-state index contributed by atoms with van der Waals surface area (Å²) in [7, 11) is 0. The first kappa shape index (κ1) is 18.2. The number of rotatable bonds is 6. The van der Waals surface area contributed by atoms with Gasteiger partial charge in [-0.25, -0.2) is 0 Å². The number of benzene rings is 2. The molecule has 1 fully saturated rings. The highest BCUT2D eigenvalue weighted by Gasteiger charge is 2.58. The summed E-state index contributed by atoms with van der Waals surface area (Å²) in [5, 5.41) is 2.94. The van der Waals surface area contributed by atoms with Crippen LogP contribution in [-0.4, -0.2) is 22.8 Å². The quantitative estimate of drug-likeness (QED) is 0.796. The molecule has 26 heavy (non-hydrogen) atoms. The van der Waals surface area contributed by atoms with Crippen molar-refractivity contribution < 1.29 is 9.59 Å². The van der Waals surface area contributed by atoms with Gasteiger partial charge in [0.15, 0.2) is 0 Å². The number of hydrogen-bond donors (Lipinski definition) is 1. The van der Waals surface area contributed by atoms with E-state index < -0.39 is 5.41 Å². The second-order valence-corrected chi connectivity index (χ2v) is 7.42. The molecule has 0 aromatic heterocycles. The molecule has 0 heterocycles. The van der Waals surface area contributed by atoms with Crippen LogP contribution in [0.1, 0.15) is 37.8 Å². The van der Waals surface area contributed by atoms with Gasteiger partial charge in [-0.2, -0.15) is 0 Å². The standard InChI is InChI=1S/C22H26N2O2/c1-16(2)24(15-18-9-5-4-6-10-18)21(26)22(12-13-22)20(25)23-19-11-7-8-17(3)14-19/h4-11,14,16H,12-13,15H2,1-3H3,(H,23,25). The monoisotopic (exact) mass is 350 g/mol. The van der Waals surface area contributed by atoms with Crippen LogP contribution in [0.3, 0.4) is 0 Å². The Kier molecular flexibility index (Phi) is 5.12. The van der Waals surface area contributed by atoms with Gasteiger partial charge in [-0.15, -0.1) is 0 Å². The third-order valence-corrected chi connectivity index (χ3v) is 4.95. The van der Waals surface area contributed by atoms with E-state index in [1.165, 1.54) is 0 Å². The van der Waals surface area contributed by atoms with Gasteiger partial charge in [-0.05, 0) is 56.9 Å². The van der Waals surface area contributed by atoms with Gasteiger partial charge in [0.25, 0.3) is 0 Å². The predicted octanol–water partition coefficient (Wildman–Crippen LogP) is 4.15. The first-order valence-electron chi connectivity index (χ1n) is 9.15. The molecule has 1 aliphatic rings. The Morgan fingerprint density at radius 1 is 1.08 bits per heavy atom. The lowest BCUT2D eigenvalue weighted by Crippen LogP contribution is -2.45. The lowest BCUT2D eigenvalue weighted by Gasteiger charge is -2.30. The molecule has 3 rings (SSSR count). The van der Waals surface area contributed by atoms with E-state index in [0.29, 0.717) is 19.4 Å². The van der Waals surface area contributed by atoms with Gasteiger partial charge in [0.2, 0.25) is 11.8 Å². The fourth-order valence-electron chi connectivity index (χ4n) is 3.18. The molecule has 0 aliphatic heterocycles. The third kappa shape index (κ3) is 3.79. The topological polar surface area (TPSA) is 49.4 Å². The molecule has 2 amide bonds. The summed E-state index contributed by atoms with van der Waals surface area (Å²) in [6, 6.07) is 17.6. The van der Waals surface area contributed by atoms with E-state index in [4.69, 9.17) is 0 Å². The van der Waals surface area contributed by atoms with E-state index >= 15 is 0 Å². The summed E-state index contributed by atoms with van der Waals surface area (Å²) >= 11 is 0. The third-order valence-electron chi connectivity index (χ3n) is 4.95. The highest BCUT2D eigenvalue weighted by molar-refractivity contribution is 6.13. The molecule has 1 saturated carbocycles. The van der Waals surface area contributed by atoms with E-state index in [0.717, 1.165) is 16.8 Å². The Labute approximate surface area is 155 Å². The normalized spacial score (nSPS) is 14.8. The summed E-state index contributed by atoms with van der Waals surface area (Å²) in [6.07, 6.45) is 1.23. The van der Waals surface area contributed by atoms with Gasteiger partial charge in [-0.1, -0.05) is 42.5 Å². The number of nitrogens with one attached hydrogen (secondary N) is 1. The fraction of sp³-hybridized carbons (Fsp3) is 0.364. The molecule has 0 saturated heterocycles. The van der Waals surface area contributed by atoms with Gasteiger partial charge in [0.05, 0.1) is 0 Å². The van der Waals surface area contributed by atoms with Crippen molar-refractivity contribution >= 4 is 17.5 Å². The molecule has 0 spiro atoms. The molecule has 2 aromatic rings. The molecule has 4 nitrogen and oxygen atoms in total. The van der Waals surface area contributed by atoms with Gasteiger partial charge in [-0.3, -0.25) is 9.59 Å². The van der Waals surface area contributed by atoms with E-state index in [9.17, 15) is 9.59 Å². The number of hydrogen-bond acceptors (Lipinski definition) is 2. The molecule has 0 bridgehead atoms. The van der Waals surface area contributed by atoms with Crippen molar-refractivity contribution in [1.82, 2.24) is 4.90 Å². The molecular formula is C22H26N2O2. The maximum absolute atomic E-state index is 13.2. The highest BCUT2D eigenvalue weighted by Crippen LogP contribution is 2.48. The number of nitrogens with zero attached hydrogens (tertiary/aromatic N) is 1. The number of carbonyl (C=O) groups excluding carboxylic acids is 2. The van der Waals surface area contributed by atoms with Crippen molar-refractivity contribution in [3.8, 4) is 0 Å². The average Bonchev–Trinajstić information content (AvgIpc) is 3.42. The summed E-state index contributed by atoms with van der Waals surface area (Å²) in [6.45, 7) is 6.50. The van der Waals surface area contributed by atoms with E-state index in [-0.39, 0.29) is 17.9 Å². The molecule has 136 valence electrons. The minimum absolute atomic E-state index is 0.0342. The van der Waals surface area contributed by atoms with Crippen LogP contribution in [0.5, 0.6) is 0 Å². The largest absolute Gasteiger partial charge is 0.335 e. The maximum atomic E-state index is 13.2. The van der Waals surface area contributed by atoms with Crippen LogP contribution in [0.2, 0.25) is 0 Å². The van der Waals surface area contributed by atoms with Crippen LogP contribution >= 0.6 is 0 Å². The summed E-state index contributed by atoms with van der Waals surface area (Å²) in [4.78, 5) is 27.9. The molecule has 2 aromatic carbocycles. The average molecular weight is 350 g/mol. The Morgan fingerprint density at radius 3 is 2.35 bits per heavy atom. The minimum Gasteiger partial charge on any atom is -0.335 e. The molecular weight excluding hydrogens is 324 g/mol. The van der Waals surface area contributed by atoms with Crippen LogP contribution in [0.15, 0.2) is 54.6 Å². The van der Waals surface area contributed by atoms with E-state index in [1.54, 1.807) is 0 Å². The Morgan fingerprint density at radius 2 is 1.77 bits per heavy atom. The van der Waals surface area contributed by atoms with E-state index in [2.05, 4.69) is 5.32 Å². The van der Waals surface area contributed by atoms with Crippen LogP contribution in [0.4, 0.5) is 5.69 Å². The van der Waals surface area contributed by atoms with Crippen molar-refractivity contribution in [2.75, 3.05) is 5.32 Å². The van der Waals surface area contributed by atoms with Gasteiger partial charge in [0.1, 0.15) is 5.41 Å². The smallest absolute Gasteiger partial charge is 0.240 e. The van der Waals surface area contributed by atoms with E-state index in [1.807, 2.05) is 80.3 Å². The molecule has 0 unspecified atom stereocenters. The van der Waals surface area contributed by atoms with Crippen molar-refractivity contribution in [2.45, 2.75) is 46.2 Å². The number of anilines is 1. The summed E-state index contributed by atoms with van der Waals surface area (Å²) in [5.74, 6) is -0.256. The van der Waals surface area contributed by atoms with Gasteiger partial charge < -0.3 is 10.2 Å². The van der Waals surface area contributed by atoms with Crippen LogP contribution in [0.25, 0.3) is 0 Å². The minimum atomic E-state index is -0.914. The summed E-state index contributed by atoms with van der Waals surface area (Å²) in [5.41, 5.74) is 1.98. The van der Waals surface area contributed by atoms with Gasteiger partial charge in [0, 0.05) is 18.3 Å². The second-order valence-electron chi connectivity index (χ2n) is 7.42. The zero-order valence-corrected chi connectivity index (χ0v) is 15.7. The lowest BCUT2D eigenvalue weighted by molar-refractivity contribution is -0.144. The number of aryl methyl sites for hydroxylation is 1. The number of amides is 2. The van der Waals surface area contributed by atoms with Crippen molar-refractivity contribution in [2.24, 2.45) is 5.41 Å². The molecule has 1 aliphatic carbocycles. The zero-order chi connectivity index (χ0) is 18.7. The number of carbonyl (C=O) groups is 2. The maximum Gasteiger partial charge on any atom is 0.240 e. The zero-order valence-electron chi connectivity index (χ0n) is 15.7. The summed E-state index contributed by atoms with van der Waals surface area (Å²) < 4.78 is 0. The van der Waals surface area contributed by atoms with Crippen LogP contribution in [-0.2, 0) is 16.1 Å². The van der Waals surface area contributed by atoms with Crippen LogP contribution in [0, 0.1) is 12.3 Å². The second kappa shape index (κ2) is 7.32. The van der Waals surface area contributed by atoms with Crippen molar-refractivity contribution in [1.29, 1.82) is 0 Å². The first-order valence-corrected chi connectivity index (χ1v) is 9.15. The Hall–Kier alpha value is -2.62. The van der Waals surface area contributed by atoms with Gasteiger partial charge >= 0.3 is 0 Å². The SMILES string of the molecule is Cc1cccc(NC(=O)C2(C(=O)N(Cc3ccccc3)C(C)C)CC2)c1. The van der Waals surface area contributed by atoms with Crippen molar-refractivity contribution in [3.63, 3.8) is 0 Å². The Bertz CT molecular complexity index is 795. The predicted molar refractivity (Wildman–Crippen MR) is 104 cm³/mol. The molecule has 1 N–H and O–H groups in total. The molecule has 4 heteroatoms. The van der Waals surface area contributed by atoms with Crippen molar-refractivity contribution in [3.05, 3.63) is 65.7 Å². The fourth-order valence-corrected chi connectivity index (χ4v) is 3.18. The highest BCUT2D eigenvalue weighted by atomic mass is 16.2.